The summed E-state index contributed by atoms with van der Waals surface area (Å²) in [4.78, 5) is 16.5. The summed E-state index contributed by atoms with van der Waals surface area (Å²) >= 11 is 1.28. The Labute approximate surface area is 73.6 Å². The third kappa shape index (κ3) is 2.06. The van der Waals surface area contributed by atoms with Gasteiger partial charge in [0.15, 0.2) is 0 Å². The number of nitrogens with zero attached hydrogens (tertiary/aromatic N) is 1. The maximum absolute atomic E-state index is 10.6. The number of primary amides is 1. The topological polar surface area (TPSA) is 64.7 Å². The monoisotopic (exact) mass is 184 g/mol. The van der Waals surface area contributed by atoms with E-state index in [-0.39, 0.29) is 0 Å². The van der Waals surface area contributed by atoms with E-state index in [2.05, 4.69) is 9.99 Å². The fraction of sp³-hybridized carbons (Fsp3) is 0.143. The fourth-order valence-electron chi connectivity index (χ4n) is 0.659. The van der Waals surface area contributed by atoms with E-state index >= 15 is 0 Å². The molecule has 1 amide bonds. The minimum absolute atomic E-state index is 0.419. The molecule has 2 N–H and O–H groups in total. The Morgan fingerprint density at radius 3 is 3.00 bits per heavy atom. The van der Waals surface area contributed by atoms with Gasteiger partial charge < -0.3 is 10.6 Å². The Balaban J connectivity index is 2.77. The number of thiophene rings is 1. The maximum Gasteiger partial charge on any atom is 0.258 e. The Bertz CT molecular complexity index is 306. The van der Waals surface area contributed by atoms with E-state index in [4.69, 9.17) is 5.73 Å². The summed E-state index contributed by atoms with van der Waals surface area (Å²) in [6.07, 6.45) is 1.52. The first kappa shape index (κ1) is 8.73. The van der Waals surface area contributed by atoms with Gasteiger partial charge in [-0.2, -0.15) is 0 Å². The zero-order chi connectivity index (χ0) is 8.97. The van der Waals surface area contributed by atoms with Crippen LogP contribution in [0.5, 0.6) is 0 Å². The predicted octanol–water partition coefficient (Wildman–Crippen LogP) is 0.827. The highest BCUT2D eigenvalue weighted by Gasteiger charge is 2.02. The van der Waals surface area contributed by atoms with Crippen molar-refractivity contribution in [1.82, 2.24) is 0 Å². The van der Waals surface area contributed by atoms with Gasteiger partial charge >= 0.3 is 0 Å². The molecule has 0 saturated heterocycles. The van der Waals surface area contributed by atoms with Gasteiger partial charge in [-0.3, -0.25) is 4.79 Å². The Morgan fingerprint density at radius 2 is 2.50 bits per heavy atom. The Kier molecular flexibility index (Phi) is 2.82. The molecule has 4 nitrogen and oxygen atoms in total. The Hall–Kier alpha value is -1.36. The zero-order valence-electron chi connectivity index (χ0n) is 6.48. The molecule has 0 fully saturated rings. The van der Waals surface area contributed by atoms with Gasteiger partial charge in [0.2, 0.25) is 0 Å². The highest BCUT2D eigenvalue weighted by atomic mass is 32.1. The molecule has 0 saturated carbocycles. The van der Waals surface area contributed by atoms with E-state index in [9.17, 15) is 4.79 Å². The minimum atomic E-state index is -0.419. The largest absolute Gasteiger partial charge is 0.399 e. The van der Waals surface area contributed by atoms with Crippen LogP contribution in [0.15, 0.2) is 17.3 Å². The number of amides is 1. The molecule has 0 aliphatic heterocycles. The van der Waals surface area contributed by atoms with Crippen molar-refractivity contribution in [2.24, 2.45) is 10.9 Å². The van der Waals surface area contributed by atoms with Gasteiger partial charge in [-0.15, -0.1) is 11.3 Å². The van der Waals surface area contributed by atoms with Crippen molar-refractivity contribution in [2.75, 3.05) is 7.11 Å². The number of hydrogen-bond donors (Lipinski definition) is 1. The minimum Gasteiger partial charge on any atom is -0.399 e. The van der Waals surface area contributed by atoms with E-state index < -0.39 is 5.91 Å². The summed E-state index contributed by atoms with van der Waals surface area (Å²) in [7, 11) is 1.46. The second-order valence-corrected chi connectivity index (χ2v) is 3.10. The molecular formula is C7H8N2O2S. The Morgan fingerprint density at radius 1 is 1.75 bits per heavy atom. The third-order valence-corrected chi connectivity index (χ3v) is 2.19. The van der Waals surface area contributed by atoms with Gasteiger partial charge in [0.05, 0.1) is 11.1 Å². The molecule has 12 heavy (non-hydrogen) atoms. The number of carbonyl (C=O) groups excluding carboxylic acids is 1. The molecule has 0 atom stereocenters. The van der Waals surface area contributed by atoms with E-state index in [0.29, 0.717) is 4.88 Å². The van der Waals surface area contributed by atoms with Crippen LogP contribution in [-0.4, -0.2) is 19.2 Å². The molecule has 5 heteroatoms. The van der Waals surface area contributed by atoms with Gasteiger partial charge in [0, 0.05) is 4.88 Å². The van der Waals surface area contributed by atoms with Crippen LogP contribution < -0.4 is 5.73 Å². The second kappa shape index (κ2) is 3.87. The van der Waals surface area contributed by atoms with Gasteiger partial charge in [0.25, 0.3) is 5.91 Å². The predicted molar refractivity (Wildman–Crippen MR) is 47.4 cm³/mol. The van der Waals surface area contributed by atoms with Crippen molar-refractivity contribution in [3.05, 3.63) is 21.9 Å². The van der Waals surface area contributed by atoms with E-state index in [1.54, 1.807) is 12.1 Å². The highest BCUT2D eigenvalue weighted by molar-refractivity contribution is 7.15. The molecule has 0 unspecified atom stereocenters. The third-order valence-electron chi connectivity index (χ3n) is 1.15. The van der Waals surface area contributed by atoms with Crippen LogP contribution >= 0.6 is 11.3 Å². The van der Waals surface area contributed by atoms with E-state index in [1.165, 1.54) is 24.7 Å². The summed E-state index contributed by atoms with van der Waals surface area (Å²) in [5, 5.41) is 3.55. The molecular weight excluding hydrogens is 176 g/mol. The van der Waals surface area contributed by atoms with Crippen LogP contribution in [0, 0.1) is 0 Å². The summed E-state index contributed by atoms with van der Waals surface area (Å²) in [6.45, 7) is 0. The maximum atomic E-state index is 10.6. The van der Waals surface area contributed by atoms with Crippen molar-refractivity contribution in [1.29, 1.82) is 0 Å². The van der Waals surface area contributed by atoms with Gasteiger partial charge in [-0.05, 0) is 12.1 Å². The van der Waals surface area contributed by atoms with Gasteiger partial charge in [0.1, 0.15) is 7.11 Å². The van der Waals surface area contributed by atoms with Gasteiger partial charge in [-0.25, -0.2) is 0 Å². The lowest BCUT2D eigenvalue weighted by Crippen LogP contribution is -2.08. The molecule has 0 aromatic carbocycles. The van der Waals surface area contributed by atoms with Crippen LogP contribution in [0.25, 0.3) is 0 Å². The van der Waals surface area contributed by atoms with Crippen LogP contribution in [0.1, 0.15) is 14.5 Å². The fourth-order valence-corrected chi connectivity index (χ4v) is 1.38. The normalized spacial score (nSPS) is 10.4. The SMILES string of the molecule is CO/N=C/c1ccc(C(N)=O)s1. The standard InChI is InChI=1S/C7H8N2O2S/c1-11-9-4-5-2-3-6(12-5)7(8)10/h2-4H,1H3,(H2,8,10)/b9-4+. The van der Waals surface area contributed by atoms with Crippen molar-refractivity contribution in [2.45, 2.75) is 0 Å². The average Bonchev–Trinajstić information content (AvgIpc) is 2.48. The summed E-state index contributed by atoms with van der Waals surface area (Å²) in [5.74, 6) is -0.419. The van der Waals surface area contributed by atoms with Crippen molar-refractivity contribution in [3.63, 3.8) is 0 Å². The molecule has 1 aromatic rings. The van der Waals surface area contributed by atoms with Crippen LogP contribution in [0.3, 0.4) is 0 Å². The van der Waals surface area contributed by atoms with Crippen LogP contribution in [0.4, 0.5) is 0 Å². The number of rotatable bonds is 3. The second-order valence-electron chi connectivity index (χ2n) is 1.98. The summed E-state index contributed by atoms with van der Waals surface area (Å²) in [6, 6.07) is 3.41. The first-order valence-electron chi connectivity index (χ1n) is 3.20. The smallest absolute Gasteiger partial charge is 0.258 e. The molecule has 0 bridgehead atoms. The molecule has 0 aliphatic carbocycles. The lowest BCUT2D eigenvalue weighted by molar-refractivity contribution is 0.100. The molecule has 0 aliphatic rings. The summed E-state index contributed by atoms with van der Waals surface area (Å²) < 4.78 is 0. The quantitative estimate of drug-likeness (QED) is 0.558. The van der Waals surface area contributed by atoms with Crippen molar-refractivity contribution >= 4 is 23.5 Å². The average molecular weight is 184 g/mol. The van der Waals surface area contributed by atoms with Crippen LogP contribution in [-0.2, 0) is 4.84 Å². The molecule has 1 heterocycles. The number of carbonyl (C=O) groups is 1. The zero-order valence-corrected chi connectivity index (χ0v) is 7.30. The molecule has 0 radical (unpaired) electrons. The van der Waals surface area contributed by atoms with Crippen molar-refractivity contribution in [3.8, 4) is 0 Å². The van der Waals surface area contributed by atoms with E-state index in [0.717, 1.165) is 4.88 Å². The number of nitrogens with two attached hydrogens (primary N) is 1. The first-order valence-corrected chi connectivity index (χ1v) is 4.02. The number of hydrogen-bond acceptors (Lipinski definition) is 4. The molecule has 64 valence electrons. The molecule has 1 aromatic heterocycles. The first-order chi connectivity index (χ1) is 5.74. The van der Waals surface area contributed by atoms with Crippen LogP contribution in [0.2, 0.25) is 0 Å². The molecule has 0 spiro atoms. The highest BCUT2D eigenvalue weighted by Crippen LogP contribution is 2.13. The van der Waals surface area contributed by atoms with Gasteiger partial charge in [-0.1, -0.05) is 5.16 Å². The van der Waals surface area contributed by atoms with E-state index in [1.807, 2.05) is 0 Å². The lowest BCUT2D eigenvalue weighted by Gasteiger charge is -1.84. The lowest BCUT2D eigenvalue weighted by atomic mass is 10.4. The summed E-state index contributed by atoms with van der Waals surface area (Å²) in [5.41, 5.74) is 5.05. The van der Waals surface area contributed by atoms with Crippen molar-refractivity contribution < 1.29 is 9.63 Å². The molecule has 1 rings (SSSR count). The number of oxime groups is 1.